The van der Waals surface area contributed by atoms with Crippen molar-refractivity contribution in [2.75, 3.05) is 13.1 Å². The Labute approximate surface area is 122 Å². The topological polar surface area (TPSA) is 80.3 Å². The van der Waals surface area contributed by atoms with Gasteiger partial charge in [-0.1, -0.05) is 5.16 Å². The van der Waals surface area contributed by atoms with Crippen LogP contribution in [0.25, 0.3) is 11.5 Å². The van der Waals surface area contributed by atoms with Gasteiger partial charge in [0, 0.05) is 18.7 Å². The van der Waals surface area contributed by atoms with Gasteiger partial charge in [0.15, 0.2) is 11.5 Å². The molecule has 2 N–H and O–H groups in total. The molecule has 3 heterocycles. The number of nitrogens with zero attached hydrogens (tertiary/aromatic N) is 1. The van der Waals surface area contributed by atoms with E-state index >= 15 is 0 Å². The molecule has 6 nitrogen and oxygen atoms in total. The molecule has 1 amide bonds. The van der Waals surface area contributed by atoms with Gasteiger partial charge in [0.2, 0.25) is 5.76 Å². The first-order valence-electron chi connectivity index (χ1n) is 6.35. The molecule has 0 saturated carbocycles. The summed E-state index contributed by atoms with van der Waals surface area (Å²) in [5.74, 6) is 0.786. The van der Waals surface area contributed by atoms with Crippen molar-refractivity contribution in [2.24, 2.45) is 0 Å². The van der Waals surface area contributed by atoms with Gasteiger partial charge in [0.05, 0.1) is 6.26 Å². The van der Waals surface area contributed by atoms with Gasteiger partial charge in [-0.05, 0) is 31.5 Å². The second kappa shape index (κ2) is 6.58. The molecule has 1 saturated heterocycles. The fourth-order valence-corrected chi connectivity index (χ4v) is 2.15. The molecular formula is C13H16ClN3O3. The second-order valence-electron chi connectivity index (χ2n) is 4.56. The highest BCUT2D eigenvalue weighted by molar-refractivity contribution is 5.92. The first-order chi connectivity index (χ1) is 9.33. The van der Waals surface area contributed by atoms with Gasteiger partial charge < -0.3 is 19.6 Å². The zero-order valence-electron chi connectivity index (χ0n) is 10.8. The Kier molecular flexibility index (Phi) is 4.81. The third-order valence-electron chi connectivity index (χ3n) is 3.18. The number of carbonyl (C=O) groups excluding carboxylic acids is 1. The Morgan fingerprint density at radius 3 is 3.10 bits per heavy atom. The van der Waals surface area contributed by atoms with Crippen LogP contribution in [-0.4, -0.2) is 30.2 Å². The van der Waals surface area contributed by atoms with E-state index in [1.807, 2.05) is 0 Å². The number of carbonyl (C=O) groups is 1. The van der Waals surface area contributed by atoms with Crippen molar-refractivity contribution in [1.29, 1.82) is 0 Å². The lowest BCUT2D eigenvalue weighted by molar-refractivity contribution is 0.0941. The van der Waals surface area contributed by atoms with Gasteiger partial charge in [-0.3, -0.25) is 4.79 Å². The number of halogens is 1. The summed E-state index contributed by atoms with van der Waals surface area (Å²) in [5.41, 5.74) is 0.268. The van der Waals surface area contributed by atoms with Gasteiger partial charge in [-0.25, -0.2) is 0 Å². The second-order valence-corrected chi connectivity index (χ2v) is 4.56. The smallest absolute Gasteiger partial charge is 0.273 e. The highest BCUT2D eigenvalue weighted by atomic mass is 35.5. The monoisotopic (exact) mass is 297 g/mol. The minimum Gasteiger partial charge on any atom is -0.461 e. The van der Waals surface area contributed by atoms with E-state index in [0.29, 0.717) is 24.1 Å². The molecule has 2 aromatic rings. The number of furan rings is 1. The Balaban J connectivity index is 0.00000147. The Morgan fingerprint density at radius 1 is 1.50 bits per heavy atom. The summed E-state index contributed by atoms with van der Waals surface area (Å²) < 4.78 is 10.3. The summed E-state index contributed by atoms with van der Waals surface area (Å²) in [5, 5.41) is 9.91. The average molecular weight is 298 g/mol. The van der Waals surface area contributed by atoms with E-state index in [4.69, 9.17) is 8.94 Å². The molecule has 0 bridgehead atoms. The van der Waals surface area contributed by atoms with Gasteiger partial charge in [0.1, 0.15) is 0 Å². The molecule has 1 aliphatic rings. The number of hydrogen-bond donors (Lipinski definition) is 2. The third-order valence-corrected chi connectivity index (χ3v) is 3.18. The molecule has 1 fully saturated rings. The van der Waals surface area contributed by atoms with Crippen molar-refractivity contribution in [2.45, 2.75) is 18.9 Å². The fraction of sp³-hybridized carbons (Fsp3) is 0.385. The van der Waals surface area contributed by atoms with Crippen LogP contribution in [0.1, 0.15) is 23.3 Å². The maximum atomic E-state index is 11.9. The zero-order valence-corrected chi connectivity index (χ0v) is 11.6. The Bertz CT molecular complexity index is 547. The maximum Gasteiger partial charge on any atom is 0.273 e. The van der Waals surface area contributed by atoms with E-state index < -0.39 is 0 Å². The summed E-state index contributed by atoms with van der Waals surface area (Å²) >= 11 is 0. The molecular weight excluding hydrogens is 282 g/mol. The molecule has 20 heavy (non-hydrogen) atoms. The number of rotatable bonds is 4. The van der Waals surface area contributed by atoms with Gasteiger partial charge in [-0.2, -0.15) is 0 Å². The van der Waals surface area contributed by atoms with Crippen molar-refractivity contribution in [3.05, 3.63) is 30.2 Å². The van der Waals surface area contributed by atoms with Crippen molar-refractivity contribution in [1.82, 2.24) is 15.8 Å². The third kappa shape index (κ3) is 3.20. The summed E-state index contributed by atoms with van der Waals surface area (Å²) in [6.07, 6.45) is 3.80. The Morgan fingerprint density at radius 2 is 2.40 bits per heavy atom. The molecule has 0 aromatic carbocycles. The summed E-state index contributed by atoms with van der Waals surface area (Å²) in [6, 6.07) is 5.45. The minimum atomic E-state index is -0.227. The Hall–Kier alpha value is -1.79. The molecule has 3 rings (SSSR count). The van der Waals surface area contributed by atoms with Crippen LogP contribution in [0.2, 0.25) is 0 Å². The lowest BCUT2D eigenvalue weighted by Gasteiger charge is -2.09. The van der Waals surface area contributed by atoms with E-state index in [1.54, 1.807) is 24.5 Å². The normalized spacial score (nSPS) is 17.7. The number of amides is 1. The van der Waals surface area contributed by atoms with Gasteiger partial charge >= 0.3 is 0 Å². The molecule has 0 spiro atoms. The summed E-state index contributed by atoms with van der Waals surface area (Å²) in [7, 11) is 0. The van der Waals surface area contributed by atoms with Crippen LogP contribution in [0.15, 0.2) is 33.4 Å². The number of aromatic nitrogens is 1. The highest BCUT2D eigenvalue weighted by Gasteiger charge is 2.18. The molecule has 0 aliphatic carbocycles. The van der Waals surface area contributed by atoms with Crippen LogP contribution in [-0.2, 0) is 0 Å². The standard InChI is InChI=1S/C13H15N3O3.ClH/c17-13(15-8-9-3-1-5-14-9)10-7-12(19-16-10)11-4-2-6-18-11;/h2,4,6-7,9,14H,1,3,5,8H2,(H,15,17);1H. The quantitative estimate of drug-likeness (QED) is 0.900. The van der Waals surface area contributed by atoms with Crippen molar-refractivity contribution in [3.63, 3.8) is 0 Å². The SMILES string of the molecule is Cl.O=C(NCC1CCCN1)c1cc(-c2ccco2)on1. The predicted octanol–water partition coefficient (Wildman–Crippen LogP) is 1.84. The van der Waals surface area contributed by atoms with E-state index in [9.17, 15) is 4.79 Å². The van der Waals surface area contributed by atoms with Crippen LogP contribution >= 0.6 is 12.4 Å². The molecule has 0 radical (unpaired) electrons. The molecule has 108 valence electrons. The van der Waals surface area contributed by atoms with E-state index in [0.717, 1.165) is 19.4 Å². The van der Waals surface area contributed by atoms with E-state index in [2.05, 4.69) is 15.8 Å². The van der Waals surface area contributed by atoms with Gasteiger partial charge in [-0.15, -0.1) is 12.4 Å². The highest BCUT2D eigenvalue weighted by Crippen LogP contribution is 2.20. The van der Waals surface area contributed by atoms with Crippen LogP contribution in [0.5, 0.6) is 0 Å². The van der Waals surface area contributed by atoms with Gasteiger partial charge in [0.25, 0.3) is 5.91 Å². The molecule has 1 unspecified atom stereocenters. The molecule has 7 heteroatoms. The lowest BCUT2D eigenvalue weighted by Crippen LogP contribution is -2.37. The largest absolute Gasteiger partial charge is 0.461 e. The molecule has 2 aromatic heterocycles. The zero-order chi connectivity index (χ0) is 13.1. The van der Waals surface area contributed by atoms with Crippen molar-refractivity contribution in [3.8, 4) is 11.5 Å². The first kappa shape index (κ1) is 14.6. The van der Waals surface area contributed by atoms with Crippen LogP contribution in [0, 0.1) is 0 Å². The average Bonchev–Trinajstić information content (AvgIpc) is 3.14. The summed E-state index contributed by atoms with van der Waals surface area (Å²) in [6.45, 7) is 1.63. The van der Waals surface area contributed by atoms with Crippen molar-refractivity contribution >= 4 is 18.3 Å². The van der Waals surface area contributed by atoms with Crippen LogP contribution < -0.4 is 10.6 Å². The number of nitrogens with one attached hydrogen (secondary N) is 2. The number of hydrogen-bond acceptors (Lipinski definition) is 5. The van der Waals surface area contributed by atoms with Crippen LogP contribution in [0.4, 0.5) is 0 Å². The maximum absolute atomic E-state index is 11.9. The molecule has 1 atom stereocenters. The predicted molar refractivity (Wildman–Crippen MR) is 74.8 cm³/mol. The minimum absolute atomic E-state index is 0. The lowest BCUT2D eigenvalue weighted by atomic mass is 10.2. The van der Waals surface area contributed by atoms with Crippen LogP contribution in [0.3, 0.4) is 0 Å². The molecule has 1 aliphatic heterocycles. The fourth-order valence-electron chi connectivity index (χ4n) is 2.15. The summed E-state index contributed by atoms with van der Waals surface area (Å²) in [4.78, 5) is 11.9. The first-order valence-corrected chi connectivity index (χ1v) is 6.35. The van der Waals surface area contributed by atoms with E-state index in [1.165, 1.54) is 0 Å². The van der Waals surface area contributed by atoms with E-state index in [-0.39, 0.29) is 24.0 Å². The van der Waals surface area contributed by atoms with Crippen molar-refractivity contribution < 1.29 is 13.7 Å².